The lowest BCUT2D eigenvalue weighted by Crippen LogP contribution is -2.49. The number of aromatic nitrogens is 2. The maximum absolute atomic E-state index is 4.35. The minimum atomic E-state index is 0.491. The number of hydrogen-bond acceptors (Lipinski definition) is 4. The number of piperidine rings is 1. The molecule has 1 aliphatic rings. The predicted molar refractivity (Wildman–Crippen MR) is 101 cm³/mol. The maximum Gasteiger partial charge on any atom is 0.191 e. The van der Waals surface area contributed by atoms with Crippen LogP contribution in [0.1, 0.15) is 18.4 Å². The van der Waals surface area contributed by atoms with E-state index in [0.29, 0.717) is 6.04 Å². The SMILES string of the molecule is CN=C(NCCc1cnn(C)c1)NC1CCN(c2cccs2)CC1. The largest absolute Gasteiger partial charge is 0.363 e. The number of guanidine groups is 1. The number of rotatable bonds is 5. The molecule has 6 nitrogen and oxygen atoms in total. The average molecular weight is 347 g/mol. The summed E-state index contributed by atoms with van der Waals surface area (Å²) < 4.78 is 1.84. The minimum Gasteiger partial charge on any atom is -0.363 e. The number of aryl methyl sites for hydroxylation is 1. The third-order valence-corrected chi connectivity index (χ3v) is 5.27. The van der Waals surface area contributed by atoms with E-state index in [9.17, 15) is 0 Å². The second-order valence-electron chi connectivity index (χ2n) is 6.13. The summed E-state index contributed by atoms with van der Waals surface area (Å²) in [6.07, 6.45) is 7.20. The van der Waals surface area contributed by atoms with Crippen molar-refractivity contribution in [3.05, 3.63) is 35.5 Å². The molecule has 2 N–H and O–H groups in total. The summed E-state index contributed by atoms with van der Waals surface area (Å²) in [6.45, 7) is 3.06. The molecule has 24 heavy (non-hydrogen) atoms. The molecule has 1 aliphatic heterocycles. The highest BCUT2D eigenvalue weighted by atomic mass is 32.1. The highest BCUT2D eigenvalue weighted by Crippen LogP contribution is 2.24. The average Bonchev–Trinajstić information content (AvgIpc) is 3.26. The number of anilines is 1. The van der Waals surface area contributed by atoms with Crippen molar-refractivity contribution in [2.24, 2.45) is 12.0 Å². The van der Waals surface area contributed by atoms with E-state index in [1.165, 1.54) is 10.6 Å². The molecule has 7 heteroatoms. The van der Waals surface area contributed by atoms with E-state index in [2.05, 4.69) is 49.3 Å². The Balaban J connectivity index is 1.39. The molecule has 0 amide bonds. The van der Waals surface area contributed by atoms with Crippen LogP contribution in [0.4, 0.5) is 5.00 Å². The molecular formula is C17H26N6S. The van der Waals surface area contributed by atoms with Gasteiger partial charge in [-0.05, 0) is 42.3 Å². The Morgan fingerprint density at radius 3 is 2.88 bits per heavy atom. The molecule has 1 fully saturated rings. The minimum absolute atomic E-state index is 0.491. The lowest BCUT2D eigenvalue weighted by atomic mass is 10.1. The fourth-order valence-corrected chi connectivity index (χ4v) is 3.79. The van der Waals surface area contributed by atoms with Gasteiger partial charge in [0.2, 0.25) is 0 Å². The topological polar surface area (TPSA) is 57.5 Å². The number of thiophene rings is 1. The summed E-state index contributed by atoms with van der Waals surface area (Å²) >= 11 is 1.82. The van der Waals surface area contributed by atoms with E-state index < -0.39 is 0 Å². The first-order valence-electron chi connectivity index (χ1n) is 8.48. The van der Waals surface area contributed by atoms with Gasteiger partial charge in [0.25, 0.3) is 0 Å². The molecule has 0 spiro atoms. The Labute approximate surface area is 147 Å². The van der Waals surface area contributed by atoms with E-state index in [1.807, 2.05) is 36.3 Å². The number of aliphatic imine (C=N–C) groups is 1. The van der Waals surface area contributed by atoms with E-state index in [4.69, 9.17) is 0 Å². The molecular weight excluding hydrogens is 320 g/mol. The highest BCUT2D eigenvalue weighted by molar-refractivity contribution is 7.14. The summed E-state index contributed by atoms with van der Waals surface area (Å²) in [5.74, 6) is 0.897. The molecule has 0 radical (unpaired) electrons. The van der Waals surface area contributed by atoms with E-state index in [1.54, 1.807) is 0 Å². The van der Waals surface area contributed by atoms with Crippen LogP contribution in [0.15, 0.2) is 34.9 Å². The van der Waals surface area contributed by atoms with Crippen LogP contribution >= 0.6 is 11.3 Å². The Kier molecular flexibility index (Phi) is 5.74. The summed E-state index contributed by atoms with van der Waals surface area (Å²) in [5.41, 5.74) is 1.24. The Bertz CT molecular complexity index is 640. The molecule has 3 heterocycles. The number of nitrogens with zero attached hydrogens (tertiary/aromatic N) is 4. The van der Waals surface area contributed by atoms with Crippen LogP contribution < -0.4 is 15.5 Å². The molecule has 0 saturated carbocycles. The second-order valence-corrected chi connectivity index (χ2v) is 7.05. The Morgan fingerprint density at radius 1 is 1.42 bits per heavy atom. The normalized spacial score (nSPS) is 16.4. The third kappa shape index (κ3) is 4.50. The summed E-state index contributed by atoms with van der Waals surface area (Å²) in [7, 11) is 3.78. The molecule has 1 saturated heterocycles. The first kappa shape index (κ1) is 16.8. The first-order chi connectivity index (χ1) is 11.7. The third-order valence-electron chi connectivity index (χ3n) is 4.34. The zero-order valence-corrected chi connectivity index (χ0v) is 15.2. The van der Waals surface area contributed by atoms with Gasteiger partial charge >= 0.3 is 0 Å². The smallest absolute Gasteiger partial charge is 0.191 e. The van der Waals surface area contributed by atoms with Crippen molar-refractivity contribution >= 4 is 22.3 Å². The van der Waals surface area contributed by atoms with Gasteiger partial charge in [-0.3, -0.25) is 9.67 Å². The zero-order chi connectivity index (χ0) is 16.8. The van der Waals surface area contributed by atoms with E-state index in [-0.39, 0.29) is 0 Å². The van der Waals surface area contributed by atoms with Gasteiger partial charge in [-0.1, -0.05) is 0 Å². The van der Waals surface area contributed by atoms with Gasteiger partial charge < -0.3 is 15.5 Å². The van der Waals surface area contributed by atoms with Crippen LogP contribution in [0.2, 0.25) is 0 Å². The van der Waals surface area contributed by atoms with Gasteiger partial charge in [-0.15, -0.1) is 11.3 Å². The Hall–Kier alpha value is -2.02. The van der Waals surface area contributed by atoms with Crippen LogP contribution in [0, 0.1) is 0 Å². The van der Waals surface area contributed by atoms with Crippen LogP contribution in [0.25, 0.3) is 0 Å². The quantitative estimate of drug-likeness (QED) is 0.641. The number of hydrogen-bond donors (Lipinski definition) is 2. The van der Waals surface area contributed by atoms with Crippen LogP contribution in [-0.4, -0.2) is 48.5 Å². The molecule has 2 aromatic rings. The van der Waals surface area contributed by atoms with Crippen LogP contribution in [0.3, 0.4) is 0 Å². The number of nitrogens with one attached hydrogen (secondary N) is 2. The van der Waals surface area contributed by atoms with Crippen LogP contribution in [0.5, 0.6) is 0 Å². The summed E-state index contributed by atoms with van der Waals surface area (Å²) in [6, 6.07) is 4.82. The molecule has 0 atom stereocenters. The molecule has 0 aromatic carbocycles. The lowest BCUT2D eigenvalue weighted by Gasteiger charge is -2.33. The first-order valence-corrected chi connectivity index (χ1v) is 9.35. The van der Waals surface area contributed by atoms with Gasteiger partial charge in [-0.25, -0.2) is 0 Å². The molecule has 130 valence electrons. The van der Waals surface area contributed by atoms with Crippen molar-refractivity contribution in [2.75, 3.05) is 31.6 Å². The van der Waals surface area contributed by atoms with E-state index >= 15 is 0 Å². The fraction of sp³-hybridized carbons (Fsp3) is 0.529. The van der Waals surface area contributed by atoms with Crippen molar-refractivity contribution in [1.29, 1.82) is 0 Å². The summed E-state index contributed by atoms with van der Waals surface area (Å²) in [4.78, 5) is 6.82. The molecule has 0 aliphatic carbocycles. The fourth-order valence-electron chi connectivity index (χ4n) is 3.01. The summed E-state index contributed by atoms with van der Waals surface area (Å²) in [5, 5.41) is 14.7. The van der Waals surface area contributed by atoms with Crippen molar-refractivity contribution in [3.63, 3.8) is 0 Å². The Morgan fingerprint density at radius 2 is 2.25 bits per heavy atom. The van der Waals surface area contributed by atoms with Crippen molar-refractivity contribution < 1.29 is 0 Å². The van der Waals surface area contributed by atoms with Gasteiger partial charge in [0.1, 0.15) is 0 Å². The van der Waals surface area contributed by atoms with Gasteiger partial charge in [0.15, 0.2) is 5.96 Å². The molecule has 3 rings (SSSR count). The van der Waals surface area contributed by atoms with Crippen LogP contribution in [-0.2, 0) is 13.5 Å². The van der Waals surface area contributed by atoms with Gasteiger partial charge in [0, 0.05) is 46.0 Å². The van der Waals surface area contributed by atoms with Crippen molar-refractivity contribution in [3.8, 4) is 0 Å². The lowest BCUT2D eigenvalue weighted by molar-refractivity contribution is 0.463. The molecule has 0 bridgehead atoms. The van der Waals surface area contributed by atoms with Gasteiger partial charge in [0.05, 0.1) is 11.2 Å². The highest BCUT2D eigenvalue weighted by Gasteiger charge is 2.20. The van der Waals surface area contributed by atoms with E-state index in [0.717, 1.165) is 44.9 Å². The maximum atomic E-state index is 4.35. The second kappa shape index (κ2) is 8.19. The van der Waals surface area contributed by atoms with Gasteiger partial charge in [-0.2, -0.15) is 5.10 Å². The zero-order valence-electron chi connectivity index (χ0n) is 14.4. The van der Waals surface area contributed by atoms with Crippen molar-refractivity contribution in [2.45, 2.75) is 25.3 Å². The predicted octanol–water partition coefficient (Wildman–Crippen LogP) is 1.86. The molecule has 0 unspecified atom stereocenters. The monoisotopic (exact) mass is 346 g/mol. The molecule has 2 aromatic heterocycles. The standard InChI is InChI=1S/C17H26N6S/c1-18-17(19-8-5-14-12-20-22(2)13-14)21-15-6-9-23(10-7-15)16-4-3-11-24-16/h3-4,11-13,15H,5-10H2,1-2H3,(H2,18,19,21). The van der Waals surface area contributed by atoms with Crippen molar-refractivity contribution in [1.82, 2.24) is 20.4 Å².